The molecule has 0 unspecified atom stereocenters. The number of anilines is 1. The smallest absolute Gasteiger partial charge is 0.269 e. The number of hydrogen-bond acceptors (Lipinski definition) is 6. The summed E-state index contributed by atoms with van der Waals surface area (Å²) in [5.74, 6) is 0.277. The molecule has 34 heavy (non-hydrogen) atoms. The summed E-state index contributed by atoms with van der Waals surface area (Å²) in [4.78, 5) is 28.9. The molecule has 1 saturated heterocycles. The summed E-state index contributed by atoms with van der Waals surface area (Å²) < 4.78 is 5.35. The van der Waals surface area contributed by atoms with E-state index in [9.17, 15) is 14.9 Å². The van der Waals surface area contributed by atoms with Crippen LogP contribution in [-0.2, 0) is 24.3 Å². The first kappa shape index (κ1) is 22.4. The van der Waals surface area contributed by atoms with Crippen molar-refractivity contribution in [3.05, 3.63) is 92.9 Å². The van der Waals surface area contributed by atoms with Gasteiger partial charge in [0.2, 0.25) is 5.91 Å². The van der Waals surface area contributed by atoms with Gasteiger partial charge in [0.1, 0.15) is 5.76 Å². The van der Waals surface area contributed by atoms with E-state index in [1.54, 1.807) is 24.5 Å². The molecule has 5 rings (SSSR count). The Morgan fingerprint density at radius 3 is 2.74 bits per heavy atom. The first-order chi connectivity index (χ1) is 16.5. The van der Waals surface area contributed by atoms with Gasteiger partial charge in [0.05, 0.1) is 29.7 Å². The van der Waals surface area contributed by atoms with Crippen molar-refractivity contribution in [1.82, 2.24) is 10.2 Å². The Morgan fingerprint density at radius 1 is 1.18 bits per heavy atom. The van der Waals surface area contributed by atoms with Crippen LogP contribution in [0.25, 0.3) is 0 Å². The number of carbonyl (C=O) groups is 1. The van der Waals surface area contributed by atoms with Crippen molar-refractivity contribution in [2.24, 2.45) is 5.92 Å². The number of amides is 1. The molecular formula is C25H25ClN4O4. The van der Waals surface area contributed by atoms with Gasteiger partial charge < -0.3 is 14.6 Å². The van der Waals surface area contributed by atoms with E-state index in [-0.39, 0.29) is 28.5 Å². The second-order valence-electron chi connectivity index (χ2n) is 8.80. The van der Waals surface area contributed by atoms with Crippen molar-refractivity contribution in [3.63, 3.8) is 0 Å². The van der Waals surface area contributed by atoms with Crippen molar-refractivity contribution in [1.29, 1.82) is 0 Å². The number of nitro benzene ring substituents is 1. The van der Waals surface area contributed by atoms with Gasteiger partial charge in [0.15, 0.2) is 0 Å². The SMILES string of the molecule is O=C(NCc1ccco1)[C@@H]1Cc2cc([N+](=O)[O-])ccc2N2CCN(Cc3ccc(Cl)cc3)C[C@H]12. The Balaban J connectivity index is 1.39. The Bertz CT molecular complexity index is 1180. The molecule has 0 aliphatic carbocycles. The number of nitro groups is 1. The number of nitrogens with zero attached hydrogens (tertiary/aromatic N) is 3. The van der Waals surface area contributed by atoms with E-state index >= 15 is 0 Å². The zero-order valence-corrected chi connectivity index (χ0v) is 19.3. The molecule has 1 aromatic heterocycles. The third-order valence-corrected chi connectivity index (χ3v) is 6.92. The third kappa shape index (κ3) is 4.64. The molecule has 176 valence electrons. The van der Waals surface area contributed by atoms with Gasteiger partial charge in [-0.1, -0.05) is 23.7 Å². The van der Waals surface area contributed by atoms with E-state index in [2.05, 4.69) is 15.1 Å². The van der Waals surface area contributed by atoms with Crippen LogP contribution in [0.5, 0.6) is 0 Å². The lowest BCUT2D eigenvalue weighted by Crippen LogP contribution is -2.60. The predicted molar refractivity (Wildman–Crippen MR) is 129 cm³/mol. The molecule has 2 aliphatic rings. The van der Waals surface area contributed by atoms with Crippen LogP contribution in [0.1, 0.15) is 16.9 Å². The van der Waals surface area contributed by atoms with Gasteiger partial charge in [-0.2, -0.15) is 0 Å². The van der Waals surface area contributed by atoms with Crippen LogP contribution in [0.15, 0.2) is 65.3 Å². The number of piperazine rings is 1. The molecule has 1 N–H and O–H groups in total. The normalized spacial score (nSPS) is 19.9. The highest BCUT2D eigenvalue weighted by molar-refractivity contribution is 6.30. The van der Waals surface area contributed by atoms with E-state index in [1.807, 2.05) is 36.4 Å². The lowest BCUT2D eigenvalue weighted by molar-refractivity contribution is -0.384. The van der Waals surface area contributed by atoms with Crippen LogP contribution in [0.4, 0.5) is 11.4 Å². The number of nitrogens with one attached hydrogen (secondary N) is 1. The van der Waals surface area contributed by atoms with Gasteiger partial charge in [-0.15, -0.1) is 0 Å². The topological polar surface area (TPSA) is 91.9 Å². The highest BCUT2D eigenvalue weighted by atomic mass is 35.5. The van der Waals surface area contributed by atoms with Crippen molar-refractivity contribution >= 4 is 28.9 Å². The van der Waals surface area contributed by atoms with E-state index in [0.717, 1.165) is 37.4 Å². The molecular weight excluding hydrogens is 456 g/mol. The number of furan rings is 1. The Kier molecular flexibility index (Phi) is 6.26. The van der Waals surface area contributed by atoms with E-state index in [1.165, 1.54) is 5.56 Å². The maximum atomic E-state index is 13.3. The van der Waals surface area contributed by atoms with E-state index in [0.29, 0.717) is 23.7 Å². The fourth-order valence-electron chi connectivity index (χ4n) is 4.99. The summed E-state index contributed by atoms with van der Waals surface area (Å²) >= 11 is 6.03. The summed E-state index contributed by atoms with van der Waals surface area (Å²) in [6.45, 7) is 3.37. The first-order valence-corrected chi connectivity index (χ1v) is 11.7. The number of fused-ring (bicyclic) bond motifs is 3. The maximum Gasteiger partial charge on any atom is 0.269 e. The molecule has 3 aromatic rings. The molecule has 9 heteroatoms. The van der Waals surface area contributed by atoms with Crippen LogP contribution >= 0.6 is 11.6 Å². The lowest BCUT2D eigenvalue weighted by Gasteiger charge is -2.49. The molecule has 1 fully saturated rings. The van der Waals surface area contributed by atoms with Gasteiger partial charge in [0, 0.05) is 49.0 Å². The summed E-state index contributed by atoms with van der Waals surface area (Å²) in [5, 5.41) is 15.1. The van der Waals surface area contributed by atoms with Crippen LogP contribution in [0.3, 0.4) is 0 Å². The number of hydrogen-bond donors (Lipinski definition) is 1. The predicted octanol–water partition coefficient (Wildman–Crippen LogP) is 4.02. The quantitative estimate of drug-likeness (QED) is 0.423. The standard InChI is InChI=1S/C25H25ClN4O4/c26-19-5-3-17(4-6-19)15-28-9-10-29-23-8-7-20(30(32)33)12-18(23)13-22(24(29)16-28)25(31)27-14-21-2-1-11-34-21/h1-8,11-12,22,24H,9-10,13-16H2,(H,27,31)/t22-,24-/m1/s1. The Labute approximate surface area is 202 Å². The molecule has 2 aromatic carbocycles. The highest BCUT2D eigenvalue weighted by Gasteiger charge is 2.42. The molecule has 2 atom stereocenters. The maximum absolute atomic E-state index is 13.3. The summed E-state index contributed by atoms with van der Waals surface area (Å²) in [7, 11) is 0. The third-order valence-electron chi connectivity index (χ3n) is 6.66. The zero-order chi connectivity index (χ0) is 23.7. The summed E-state index contributed by atoms with van der Waals surface area (Å²) in [5.41, 5.74) is 3.04. The Morgan fingerprint density at radius 2 is 2.00 bits per heavy atom. The van der Waals surface area contributed by atoms with Crippen molar-refractivity contribution < 1.29 is 14.1 Å². The average molecular weight is 481 g/mol. The number of halogens is 1. The van der Waals surface area contributed by atoms with E-state index in [4.69, 9.17) is 16.0 Å². The van der Waals surface area contributed by atoms with Gasteiger partial charge >= 0.3 is 0 Å². The van der Waals surface area contributed by atoms with Gasteiger partial charge in [-0.05, 0) is 47.9 Å². The van der Waals surface area contributed by atoms with Gasteiger partial charge in [-0.25, -0.2) is 0 Å². The number of benzene rings is 2. The zero-order valence-electron chi connectivity index (χ0n) is 18.5. The number of rotatable bonds is 6. The molecule has 0 spiro atoms. The summed E-state index contributed by atoms with van der Waals surface area (Å²) in [6.07, 6.45) is 2.03. The lowest BCUT2D eigenvalue weighted by atomic mass is 9.83. The van der Waals surface area contributed by atoms with Crippen LogP contribution < -0.4 is 10.2 Å². The molecule has 0 radical (unpaired) electrons. The number of non-ortho nitro benzene ring substituents is 1. The van der Waals surface area contributed by atoms with Crippen molar-refractivity contribution in [3.8, 4) is 0 Å². The highest BCUT2D eigenvalue weighted by Crippen LogP contribution is 2.38. The van der Waals surface area contributed by atoms with Crippen LogP contribution in [-0.4, -0.2) is 41.4 Å². The summed E-state index contributed by atoms with van der Waals surface area (Å²) in [6, 6.07) is 16.4. The largest absolute Gasteiger partial charge is 0.467 e. The van der Waals surface area contributed by atoms with Gasteiger partial charge in [-0.3, -0.25) is 19.8 Å². The molecule has 3 heterocycles. The first-order valence-electron chi connectivity index (χ1n) is 11.3. The molecule has 8 nitrogen and oxygen atoms in total. The minimum atomic E-state index is -0.386. The molecule has 0 bridgehead atoms. The van der Waals surface area contributed by atoms with Crippen LogP contribution in [0, 0.1) is 16.0 Å². The van der Waals surface area contributed by atoms with Crippen molar-refractivity contribution in [2.45, 2.75) is 25.6 Å². The average Bonchev–Trinajstić information content (AvgIpc) is 3.36. The van der Waals surface area contributed by atoms with Gasteiger partial charge in [0.25, 0.3) is 5.69 Å². The minimum Gasteiger partial charge on any atom is -0.467 e. The number of carbonyl (C=O) groups excluding carboxylic acids is 1. The van der Waals surface area contributed by atoms with Crippen LogP contribution in [0.2, 0.25) is 5.02 Å². The Hall–Kier alpha value is -3.36. The minimum absolute atomic E-state index is 0.0355. The second kappa shape index (κ2) is 9.48. The molecule has 0 saturated carbocycles. The van der Waals surface area contributed by atoms with E-state index < -0.39 is 0 Å². The fourth-order valence-corrected chi connectivity index (χ4v) is 5.12. The molecule has 2 aliphatic heterocycles. The fraction of sp³-hybridized carbons (Fsp3) is 0.320. The second-order valence-corrected chi connectivity index (χ2v) is 9.24. The monoisotopic (exact) mass is 480 g/mol. The molecule has 1 amide bonds. The van der Waals surface area contributed by atoms with Crippen molar-refractivity contribution in [2.75, 3.05) is 24.5 Å².